The third-order valence-corrected chi connectivity index (χ3v) is 4.75. The average molecular weight is 329 g/mol. The summed E-state index contributed by atoms with van der Waals surface area (Å²) >= 11 is 5.62. The Morgan fingerprint density at radius 3 is 2.29 bits per heavy atom. The summed E-state index contributed by atoms with van der Waals surface area (Å²) in [5.74, 6) is -0.681. The lowest BCUT2D eigenvalue weighted by molar-refractivity contribution is 0.0908. The van der Waals surface area contributed by atoms with Crippen molar-refractivity contribution in [3.05, 3.63) is 52.7 Å². The summed E-state index contributed by atoms with van der Waals surface area (Å²) < 4.78 is 26.0. The fourth-order valence-electron chi connectivity index (χ4n) is 1.73. The largest absolute Gasteiger partial charge is 0.349 e. The first-order valence-corrected chi connectivity index (χ1v) is 7.93. The van der Waals surface area contributed by atoms with Crippen LogP contribution in [0.25, 0.3) is 0 Å². The third kappa shape index (κ3) is 2.79. The minimum atomic E-state index is -4.04. The molecule has 0 radical (unpaired) electrons. The van der Waals surface area contributed by atoms with Crippen LogP contribution in [0.3, 0.4) is 0 Å². The van der Waals surface area contributed by atoms with Crippen molar-refractivity contribution in [3.8, 4) is 0 Å². The van der Waals surface area contributed by atoms with Crippen LogP contribution < -0.4 is 5.69 Å². The fourth-order valence-corrected chi connectivity index (χ4v) is 3.05. The van der Waals surface area contributed by atoms with Gasteiger partial charge < -0.3 is 0 Å². The summed E-state index contributed by atoms with van der Waals surface area (Å²) in [6.07, 6.45) is 2.13. The molecule has 1 aromatic heterocycles. The van der Waals surface area contributed by atoms with Crippen LogP contribution in [0.5, 0.6) is 0 Å². The lowest BCUT2D eigenvalue weighted by Crippen LogP contribution is -2.34. The number of carbonyl (C=O) groups excluding carboxylic acids is 1. The predicted molar refractivity (Wildman–Crippen MR) is 78.4 cm³/mol. The number of aryl methyl sites for hydroxylation is 1. The number of carbonyl (C=O) groups is 1. The summed E-state index contributed by atoms with van der Waals surface area (Å²) in [7, 11) is -4.04. The highest BCUT2D eigenvalue weighted by Gasteiger charge is 2.23. The van der Waals surface area contributed by atoms with Gasteiger partial charge in [-0.2, -0.15) is 3.97 Å². The Morgan fingerprint density at radius 1 is 1.19 bits per heavy atom. The van der Waals surface area contributed by atoms with Gasteiger partial charge in [0.1, 0.15) is 5.38 Å². The molecular formula is C13H13ClN2O4S. The number of aromatic nitrogens is 2. The predicted octanol–water partition coefficient (Wildman–Crippen LogP) is 1.46. The van der Waals surface area contributed by atoms with Crippen molar-refractivity contribution >= 4 is 27.5 Å². The second kappa shape index (κ2) is 5.50. The second-order valence-electron chi connectivity index (χ2n) is 4.52. The van der Waals surface area contributed by atoms with Crippen LogP contribution in [0, 0.1) is 6.92 Å². The molecule has 1 atom stereocenters. The van der Waals surface area contributed by atoms with Gasteiger partial charge in [0, 0.05) is 12.4 Å². The molecule has 0 aliphatic rings. The van der Waals surface area contributed by atoms with Gasteiger partial charge in [-0.05, 0) is 26.0 Å². The van der Waals surface area contributed by atoms with E-state index in [1.54, 1.807) is 12.1 Å². The zero-order chi connectivity index (χ0) is 15.8. The number of halogens is 1. The first kappa shape index (κ1) is 15.5. The lowest BCUT2D eigenvalue weighted by Gasteiger charge is -2.05. The quantitative estimate of drug-likeness (QED) is 0.799. The van der Waals surface area contributed by atoms with E-state index in [4.69, 9.17) is 11.6 Å². The summed E-state index contributed by atoms with van der Waals surface area (Å²) in [5.41, 5.74) is -0.0712. The molecule has 6 nitrogen and oxygen atoms in total. The SMILES string of the molecule is Cc1ccc(S(=O)(=O)n2ccn(C(=O)[C@H](C)Cl)c2=O)cc1. The van der Waals surface area contributed by atoms with E-state index in [2.05, 4.69) is 0 Å². The molecule has 0 saturated heterocycles. The van der Waals surface area contributed by atoms with Gasteiger partial charge in [0.2, 0.25) is 0 Å². The van der Waals surface area contributed by atoms with Crippen molar-refractivity contribution in [1.29, 1.82) is 0 Å². The van der Waals surface area contributed by atoms with Crippen LogP contribution in [-0.2, 0) is 10.0 Å². The van der Waals surface area contributed by atoms with E-state index in [9.17, 15) is 18.0 Å². The van der Waals surface area contributed by atoms with Crippen LogP contribution in [0.1, 0.15) is 17.3 Å². The van der Waals surface area contributed by atoms with Crippen LogP contribution in [0.2, 0.25) is 0 Å². The maximum absolute atomic E-state index is 12.4. The minimum Gasteiger partial charge on any atom is -0.272 e. The molecule has 0 aliphatic heterocycles. The molecule has 0 amide bonds. The molecule has 0 unspecified atom stereocenters. The minimum absolute atomic E-state index is 0.0284. The molecule has 2 rings (SSSR count). The molecule has 0 saturated carbocycles. The van der Waals surface area contributed by atoms with E-state index in [-0.39, 0.29) is 4.90 Å². The van der Waals surface area contributed by atoms with E-state index in [1.807, 2.05) is 6.92 Å². The van der Waals surface area contributed by atoms with Crippen molar-refractivity contribution in [1.82, 2.24) is 8.54 Å². The maximum atomic E-state index is 12.4. The molecule has 112 valence electrons. The number of hydrogen-bond acceptors (Lipinski definition) is 4. The Balaban J connectivity index is 2.55. The molecular weight excluding hydrogens is 316 g/mol. The molecule has 21 heavy (non-hydrogen) atoms. The van der Waals surface area contributed by atoms with Gasteiger partial charge in [0.25, 0.3) is 15.9 Å². The molecule has 1 aromatic carbocycles. The highest BCUT2D eigenvalue weighted by Crippen LogP contribution is 2.13. The molecule has 1 heterocycles. The maximum Gasteiger partial charge on any atom is 0.349 e. The highest BCUT2D eigenvalue weighted by atomic mass is 35.5. The number of imidazole rings is 1. The lowest BCUT2D eigenvalue weighted by atomic mass is 10.2. The van der Waals surface area contributed by atoms with E-state index in [0.29, 0.717) is 8.54 Å². The van der Waals surface area contributed by atoms with Gasteiger partial charge in [0.15, 0.2) is 0 Å². The van der Waals surface area contributed by atoms with Crippen molar-refractivity contribution in [3.63, 3.8) is 0 Å². The van der Waals surface area contributed by atoms with Gasteiger partial charge in [-0.25, -0.2) is 17.8 Å². The zero-order valence-corrected chi connectivity index (χ0v) is 12.9. The van der Waals surface area contributed by atoms with Crippen LogP contribution in [0.15, 0.2) is 46.3 Å². The third-order valence-electron chi connectivity index (χ3n) is 2.90. The van der Waals surface area contributed by atoms with Crippen LogP contribution in [0.4, 0.5) is 0 Å². The van der Waals surface area contributed by atoms with Gasteiger partial charge in [0.05, 0.1) is 4.90 Å². The van der Waals surface area contributed by atoms with E-state index < -0.39 is 27.0 Å². The number of alkyl halides is 1. The number of hydrogen-bond donors (Lipinski definition) is 0. The fraction of sp³-hybridized carbons (Fsp3) is 0.231. The molecule has 0 spiro atoms. The van der Waals surface area contributed by atoms with E-state index in [1.165, 1.54) is 19.1 Å². The monoisotopic (exact) mass is 328 g/mol. The second-order valence-corrected chi connectivity index (χ2v) is 6.99. The van der Waals surface area contributed by atoms with Crippen molar-refractivity contribution in [2.24, 2.45) is 0 Å². The molecule has 0 fully saturated rings. The van der Waals surface area contributed by atoms with Crippen molar-refractivity contribution < 1.29 is 13.2 Å². The number of nitrogens with zero attached hydrogens (tertiary/aromatic N) is 2. The van der Waals surface area contributed by atoms with Gasteiger partial charge in [-0.1, -0.05) is 17.7 Å². The standard InChI is InChI=1S/C13H13ClN2O4S/c1-9-3-5-11(6-4-9)21(19,20)16-8-7-15(13(16)18)12(17)10(2)14/h3-8,10H,1-2H3/t10-/m0/s1. The van der Waals surface area contributed by atoms with Gasteiger partial charge in [-0.3, -0.25) is 4.79 Å². The van der Waals surface area contributed by atoms with Gasteiger partial charge in [-0.15, -0.1) is 11.6 Å². The molecule has 2 aromatic rings. The van der Waals surface area contributed by atoms with E-state index in [0.717, 1.165) is 18.0 Å². The summed E-state index contributed by atoms with van der Waals surface area (Å²) in [6, 6.07) is 6.06. The molecule has 0 aliphatic carbocycles. The summed E-state index contributed by atoms with van der Waals surface area (Å²) in [6.45, 7) is 3.22. The Bertz CT molecular complexity index is 832. The molecule has 0 bridgehead atoms. The Kier molecular flexibility index (Phi) is 4.06. The van der Waals surface area contributed by atoms with Crippen molar-refractivity contribution in [2.75, 3.05) is 0 Å². The molecule has 0 N–H and O–H groups in total. The Hall–Kier alpha value is -1.86. The summed E-state index contributed by atoms with van der Waals surface area (Å²) in [4.78, 5) is 23.8. The Morgan fingerprint density at radius 2 is 1.76 bits per heavy atom. The smallest absolute Gasteiger partial charge is 0.272 e. The van der Waals surface area contributed by atoms with Crippen LogP contribution >= 0.6 is 11.6 Å². The van der Waals surface area contributed by atoms with E-state index >= 15 is 0 Å². The number of rotatable bonds is 3. The highest BCUT2D eigenvalue weighted by molar-refractivity contribution is 7.90. The van der Waals surface area contributed by atoms with Crippen molar-refractivity contribution in [2.45, 2.75) is 24.1 Å². The van der Waals surface area contributed by atoms with Gasteiger partial charge >= 0.3 is 5.69 Å². The first-order chi connectivity index (χ1) is 9.75. The topological polar surface area (TPSA) is 78.1 Å². The number of benzene rings is 1. The molecule has 8 heteroatoms. The normalized spacial score (nSPS) is 13.1. The summed E-state index contributed by atoms with van der Waals surface area (Å²) in [5, 5.41) is -0.930. The van der Waals surface area contributed by atoms with Crippen LogP contribution in [-0.4, -0.2) is 28.2 Å². The zero-order valence-electron chi connectivity index (χ0n) is 11.4. The first-order valence-electron chi connectivity index (χ1n) is 6.05. The Labute approximate surface area is 126 Å². The average Bonchev–Trinajstić information content (AvgIpc) is 2.80.